The van der Waals surface area contributed by atoms with Crippen LogP contribution < -0.4 is 10.1 Å². The van der Waals surface area contributed by atoms with E-state index in [0.717, 1.165) is 13.0 Å². The number of carbonyl (C=O) groups is 1. The van der Waals surface area contributed by atoms with Gasteiger partial charge in [0, 0.05) is 17.6 Å². The van der Waals surface area contributed by atoms with Crippen molar-refractivity contribution in [2.24, 2.45) is 0 Å². The van der Waals surface area contributed by atoms with Crippen LogP contribution in [0.1, 0.15) is 16.9 Å². The zero-order valence-electron chi connectivity index (χ0n) is 13.7. The Labute approximate surface area is 160 Å². The van der Waals surface area contributed by atoms with Crippen LogP contribution in [0.3, 0.4) is 0 Å². The average Bonchev–Trinajstić information content (AvgIpc) is 3.23. The Kier molecular flexibility index (Phi) is 4.53. The molecule has 5 nitrogen and oxygen atoms in total. The van der Waals surface area contributed by atoms with Crippen LogP contribution in [0.5, 0.6) is 5.75 Å². The van der Waals surface area contributed by atoms with E-state index in [4.69, 9.17) is 27.9 Å². The van der Waals surface area contributed by atoms with Gasteiger partial charge >= 0.3 is 5.97 Å². The molecule has 0 spiro atoms. The Balaban J connectivity index is 2.03. The summed E-state index contributed by atoms with van der Waals surface area (Å²) in [4.78, 5) is 12.1. The van der Waals surface area contributed by atoms with Crippen molar-refractivity contribution in [3.05, 3.63) is 58.2 Å². The molecule has 1 saturated heterocycles. The number of nitrogens with zero attached hydrogens (tertiary/aromatic N) is 1. The lowest BCUT2D eigenvalue weighted by Crippen LogP contribution is -2.21. The predicted octanol–water partition coefficient (Wildman–Crippen LogP) is 4.38. The first-order valence-electron chi connectivity index (χ1n) is 8.26. The Morgan fingerprint density at radius 2 is 1.92 bits per heavy atom. The van der Waals surface area contributed by atoms with Gasteiger partial charge in [-0.1, -0.05) is 41.4 Å². The van der Waals surface area contributed by atoms with E-state index in [1.807, 2.05) is 30.3 Å². The fourth-order valence-electron chi connectivity index (χ4n) is 3.31. The normalized spacial score (nSPS) is 16.9. The maximum atomic E-state index is 12.1. The molecule has 7 heteroatoms. The van der Waals surface area contributed by atoms with Gasteiger partial charge in [0.2, 0.25) is 0 Å². The highest BCUT2D eigenvalue weighted by Crippen LogP contribution is 2.40. The van der Waals surface area contributed by atoms with E-state index < -0.39 is 5.97 Å². The molecule has 1 unspecified atom stereocenters. The number of nitrogens with one attached hydrogen (secondary N) is 1. The van der Waals surface area contributed by atoms with E-state index in [9.17, 15) is 9.90 Å². The van der Waals surface area contributed by atoms with Crippen LogP contribution in [0, 0.1) is 0 Å². The van der Waals surface area contributed by atoms with Crippen molar-refractivity contribution in [2.45, 2.75) is 12.5 Å². The molecule has 0 aliphatic carbocycles. The maximum Gasteiger partial charge on any atom is 0.356 e. The molecule has 1 aliphatic heterocycles. The molecule has 1 aromatic heterocycles. The van der Waals surface area contributed by atoms with Crippen LogP contribution in [-0.4, -0.2) is 34.8 Å². The lowest BCUT2D eigenvalue weighted by Gasteiger charge is -2.13. The molecular weight excluding hydrogens is 375 g/mol. The number of carboxylic acid groups (broad SMARTS) is 1. The highest BCUT2D eigenvalue weighted by Gasteiger charge is 2.28. The van der Waals surface area contributed by atoms with E-state index in [0.29, 0.717) is 38.9 Å². The lowest BCUT2D eigenvalue weighted by molar-refractivity contribution is 0.0681. The summed E-state index contributed by atoms with van der Waals surface area (Å²) in [6.07, 6.45) is 0.732. The van der Waals surface area contributed by atoms with Crippen LogP contribution in [0.4, 0.5) is 0 Å². The Bertz CT molecular complexity index is 980. The van der Waals surface area contributed by atoms with Crippen molar-refractivity contribution in [1.82, 2.24) is 9.88 Å². The third-order valence-electron chi connectivity index (χ3n) is 4.48. The van der Waals surface area contributed by atoms with Crippen molar-refractivity contribution in [1.29, 1.82) is 0 Å². The molecule has 0 radical (unpaired) electrons. The van der Waals surface area contributed by atoms with Crippen molar-refractivity contribution < 1.29 is 14.6 Å². The molecule has 3 aromatic rings. The Morgan fingerprint density at radius 1 is 1.19 bits per heavy atom. The van der Waals surface area contributed by atoms with Gasteiger partial charge < -0.3 is 19.7 Å². The molecule has 2 N–H and O–H groups in total. The number of benzene rings is 2. The highest BCUT2D eigenvalue weighted by molar-refractivity contribution is 6.43. The number of para-hydroxylation sites is 1. The first-order chi connectivity index (χ1) is 12.6. The molecule has 1 aliphatic rings. The number of halogens is 2. The van der Waals surface area contributed by atoms with Gasteiger partial charge in [-0.15, -0.1) is 0 Å². The van der Waals surface area contributed by atoms with Gasteiger partial charge in [-0.3, -0.25) is 0 Å². The van der Waals surface area contributed by atoms with Gasteiger partial charge in [-0.05, 0) is 37.2 Å². The predicted molar refractivity (Wildman–Crippen MR) is 102 cm³/mol. The van der Waals surface area contributed by atoms with Gasteiger partial charge in [0.1, 0.15) is 6.10 Å². The molecule has 4 rings (SSSR count). The van der Waals surface area contributed by atoms with E-state index in [1.54, 1.807) is 16.7 Å². The van der Waals surface area contributed by atoms with Gasteiger partial charge in [0.25, 0.3) is 0 Å². The second-order valence-corrected chi connectivity index (χ2v) is 6.98. The summed E-state index contributed by atoms with van der Waals surface area (Å²) in [6, 6.07) is 12.6. The van der Waals surface area contributed by atoms with E-state index in [2.05, 4.69) is 5.32 Å². The van der Waals surface area contributed by atoms with Crippen LogP contribution in [0.25, 0.3) is 16.6 Å². The minimum atomic E-state index is -1.07. The Morgan fingerprint density at radius 3 is 2.58 bits per heavy atom. The first-order valence-corrected chi connectivity index (χ1v) is 9.01. The quantitative estimate of drug-likeness (QED) is 0.693. The van der Waals surface area contributed by atoms with Gasteiger partial charge in [-0.2, -0.15) is 0 Å². The number of aromatic nitrogens is 1. The Hall–Kier alpha value is -2.21. The lowest BCUT2D eigenvalue weighted by atomic mass is 10.2. The monoisotopic (exact) mass is 390 g/mol. The molecule has 1 atom stereocenters. The van der Waals surface area contributed by atoms with Crippen molar-refractivity contribution in [3.8, 4) is 11.4 Å². The van der Waals surface area contributed by atoms with Crippen molar-refractivity contribution in [2.75, 3.05) is 13.1 Å². The highest BCUT2D eigenvalue weighted by atomic mass is 35.5. The molecule has 0 saturated carbocycles. The topological polar surface area (TPSA) is 63.5 Å². The number of hydrogen-bond acceptors (Lipinski definition) is 3. The number of fused-ring (bicyclic) bond motifs is 1. The fourth-order valence-corrected chi connectivity index (χ4v) is 3.63. The SMILES string of the molecule is O=C(O)c1c(OC2CCNC2)c2cc(Cl)c(Cl)cc2n1-c1ccccc1. The molecule has 0 bridgehead atoms. The summed E-state index contributed by atoms with van der Waals surface area (Å²) in [5.41, 5.74) is 1.42. The van der Waals surface area contributed by atoms with E-state index >= 15 is 0 Å². The van der Waals surface area contributed by atoms with Crippen LogP contribution in [0.15, 0.2) is 42.5 Å². The second-order valence-electron chi connectivity index (χ2n) is 6.17. The second kappa shape index (κ2) is 6.83. The largest absolute Gasteiger partial charge is 0.486 e. The zero-order valence-corrected chi connectivity index (χ0v) is 15.2. The number of hydrogen-bond donors (Lipinski definition) is 2. The average molecular weight is 391 g/mol. The number of aromatic carboxylic acids is 1. The molecule has 2 heterocycles. The van der Waals surface area contributed by atoms with Crippen LogP contribution >= 0.6 is 23.2 Å². The summed E-state index contributed by atoms with van der Waals surface area (Å²) >= 11 is 12.4. The molecule has 2 aromatic carbocycles. The third kappa shape index (κ3) is 2.92. The summed E-state index contributed by atoms with van der Waals surface area (Å²) in [6.45, 7) is 1.52. The minimum Gasteiger partial charge on any atom is -0.486 e. The van der Waals surface area contributed by atoms with Crippen LogP contribution in [0.2, 0.25) is 10.0 Å². The number of rotatable bonds is 4. The fraction of sp³-hybridized carbons (Fsp3) is 0.211. The molecule has 26 heavy (non-hydrogen) atoms. The molecule has 134 valence electrons. The third-order valence-corrected chi connectivity index (χ3v) is 5.20. The molecule has 0 amide bonds. The first kappa shape index (κ1) is 17.2. The van der Waals surface area contributed by atoms with Gasteiger partial charge in [-0.25, -0.2) is 4.79 Å². The van der Waals surface area contributed by atoms with Crippen molar-refractivity contribution in [3.63, 3.8) is 0 Å². The summed E-state index contributed by atoms with van der Waals surface area (Å²) < 4.78 is 7.76. The number of carboxylic acids is 1. The number of ether oxygens (including phenoxy) is 1. The van der Waals surface area contributed by atoms with E-state index in [-0.39, 0.29) is 11.8 Å². The molecular formula is C19H16Cl2N2O3. The summed E-state index contributed by atoms with van der Waals surface area (Å²) in [5.74, 6) is -0.748. The standard InChI is InChI=1S/C19H16Cl2N2O3/c20-14-8-13-16(9-15(14)21)23(11-4-2-1-3-5-11)17(19(24)25)18(13)26-12-6-7-22-10-12/h1-5,8-9,12,22H,6-7,10H2,(H,24,25). The zero-order chi connectivity index (χ0) is 18.3. The van der Waals surface area contributed by atoms with Crippen molar-refractivity contribution >= 4 is 40.1 Å². The minimum absolute atomic E-state index is 0.0661. The van der Waals surface area contributed by atoms with Crippen LogP contribution in [-0.2, 0) is 0 Å². The smallest absolute Gasteiger partial charge is 0.356 e. The van der Waals surface area contributed by atoms with Gasteiger partial charge in [0.15, 0.2) is 11.4 Å². The summed E-state index contributed by atoms with van der Waals surface area (Å²) in [5, 5.41) is 14.5. The van der Waals surface area contributed by atoms with E-state index in [1.165, 1.54) is 0 Å². The molecule has 1 fully saturated rings. The summed E-state index contributed by atoms with van der Waals surface area (Å²) in [7, 11) is 0. The maximum absolute atomic E-state index is 12.1. The van der Waals surface area contributed by atoms with Gasteiger partial charge in [0.05, 0.1) is 15.6 Å².